The lowest BCUT2D eigenvalue weighted by Crippen LogP contribution is -1.90. The Morgan fingerprint density at radius 1 is 0.810 bits per heavy atom. The summed E-state index contributed by atoms with van der Waals surface area (Å²) in [6, 6.07) is 24.1. The topological polar surface area (TPSA) is 12.9 Å². The van der Waals surface area contributed by atoms with Gasteiger partial charge in [-0.1, -0.05) is 65.7 Å². The molecule has 106 valence electrons. The Morgan fingerprint density at radius 2 is 1.48 bits per heavy atom. The average molecular weight is 296 g/mol. The van der Waals surface area contributed by atoms with E-state index in [1.54, 1.807) is 0 Å². The van der Waals surface area contributed by atoms with Gasteiger partial charge < -0.3 is 0 Å². The van der Waals surface area contributed by atoms with Gasteiger partial charge in [-0.25, -0.2) is 0 Å². The molecular weight excluding hydrogens is 278 g/mol. The van der Waals surface area contributed by atoms with Crippen LogP contribution in [0.15, 0.2) is 79.0 Å². The third-order valence-corrected chi connectivity index (χ3v) is 3.22. The Kier molecular flexibility index (Phi) is 5.99. The van der Waals surface area contributed by atoms with Crippen LogP contribution in [0.2, 0.25) is 5.02 Å². The summed E-state index contributed by atoms with van der Waals surface area (Å²) in [5.74, 6) is 0. The highest BCUT2D eigenvalue weighted by atomic mass is 35.5. The number of nitrogens with zero attached hydrogens (tertiary/aromatic N) is 1. The Morgan fingerprint density at radius 3 is 2.00 bits per heavy atom. The molecule has 0 bridgehead atoms. The van der Waals surface area contributed by atoms with Crippen molar-refractivity contribution in [3.63, 3.8) is 0 Å². The summed E-state index contributed by atoms with van der Waals surface area (Å²) in [4.78, 5) is 4.26. The van der Waals surface area contributed by atoms with E-state index in [2.05, 4.69) is 24.0 Å². The first-order valence-corrected chi connectivity index (χ1v) is 7.28. The molecule has 0 amide bonds. The number of aryl methyl sites for hydroxylation is 1. The highest BCUT2D eigenvalue weighted by Gasteiger charge is 1.96. The molecule has 2 aromatic carbocycles. The summed E-state index contributed by atoms with van der Waals surface area (Å²) >= 11 is 5.80. The minimum absolute atomic E-state index is 0.773. The summed E-state index contributed by atoms with van der Waals surface area (Å²) < 4.78 is 0. The summed E-state index contributed by atoms with van der Waals surface area (Å²) in [6.45, 7) is 2.08. The minimum atomic E-state index is 0.773. The number of halogens is 1. The zero-order valence-corrected chi connectivity index (χ0v) is 12.8. The molecule has 3 aromatic rings. The van der Waals surface area contributed by atoms with Gasteiger partial charge in [-0.2, -0.15) is 0 Å². The molecule has 3 rings (SSSR count). The van der Waals surface area contributed by atoms with Crippen LogP contribution in [0.3, 0.4) is 0 Å². The lowest BCUT2D eigenvalue weighted by Gasteiger charge is -2.00. The predicted molar refractivity (Wildman–Crippen MR) is 89.7 cm³/mol. The van der Waals surface area contributed by atoms with E-state index < -0.39 is 0 Å². The molecule has 1 nitrogen and oxygen atoms in total. The van der Waals surface area contributed by atoms with Gasteiger partial charge in [0.1, 0.15) is 0 Å². The van der Waals surface area contributed by atoms with Crippen LogP contribution in [0.4, 0.5) is 0 Å². The van der Waals surface area contributed by atoms with Crippen molar-refractivity contribution in [1.29, 1.82) is 0 Å². The molecule has 2 heteroatoms. The molecular formula is C19H18ClN. The van der Waals surface area contributed by atoms with E-state index in [4.69, 9.17) is 11.6 Å². The molecule has 21 heavy (non-hydrogen) atoms. The standard InChI is InChI=1S/C12H10ClN.C7H8/c13-11-6-4-10(5-7-11)9-12-3-1-2-8-14-12;1-7-5-3-2-4-6-7/h1-8H,9H2;2-6H,1H3. The summed E-state index contributed by atoms with van der Waals surface area (Å²) in [6.07, 6.45) is 2.67. The van der Waals surface area contributed by atoms with Gasteiger partial charge in [-0.05, 0) is 36.8 Å². The number of pyridine rings is 1. The Labute approximate surface area is 131 Å². The molecule has 1 aromatic heterocycles. The van der Waals surface area contributed by atoms with Crippen LogP contribution >= 0.6 is 11.6 Å². The maximum absolute atomic E-state index is 5.80. The Bertz CT molecular complexity index is 633. The largest absolute Gasteiger partial charge is 0.261 e. The second kappa shape index (κ2) is 8.23. The van der Waals surface area contributed by atoms with Crippen LogP contribution in [0.5, 0.6) is 0 Å². The molecule has 0 N–H and O–H groups in total. The van der Waals surface area contributed by atoms with E-state index in [0.29, 0.717) is 0 Å². The Balaban J connectivity index is 0.000000194. The number of hydrogen-bond donors (Lipinski definition) is 0. The molecule has 0 fully saturated rings. The number of aromatic nitrogens is 1. The van der Waals surface area contributed by atoms with Gasteiger partial charge in [0.25, 0.3) is 0 Å². The van der Waals surface area contributed by atoms with Crippen LogP contribution < -0.4 is 0 Å². The van der Waals surface area contributed by atoms with Gasteiger partial charge in [-0.15, -0.1) is 0 Å². The fourth-order valence-corrected chi connectivity index (χ4v) is 1.97. The van der Waals surface area contributed by atoms with Crippen molar-refractivity contribution in [1.82, 2.24) is 4.98 Å². The molecule has 0 saturated heterocycles. The average Bonchev–Trinajstić information content (AvgIpc) is 2.52. The van der Waals surface area contributed by atoms with Crippen LogP contribution in [-0.4, -0.2) is 4.98 Å². The fourth-order valence-electron chi connectivity index (χ4n) is 1.85. The normalized spacial score (nSPS) is 9.62. The van der Waals surface area contributed by atoms with E-state index in [0.717, 1.165) is 17.1 Å². The molecule has 0 aliphatic carbocycles. The van der Waals surface area contributed by atoms with Crippen LogP contribution in [-0.2, 0) is 6.42 Å². The summed E-state index contributed by atoms with van der Waals surface area (Å²) in [5, 5.41) is 0.773. The lowest BCUT2D eigenvalue weighted by molar-refractivity contribution is 1.07. The zero-order chi connectivity index (χ0) is 14.9. The molecule has 0 unspecified atom stereocenters. The zero-order valence-electron chi connectivity index (χ0n) is 12.0. The lowest BCUT2D eigenvalue weighted by atomic mass is 10.1. The third-order valence-electron chi connectivity index (χ3n) is 2.97. The highest BCUT2D eigenvalue weighted by molar-refractivity contribution is 6.30. The van der Waals surface area contributed by atoms with Crippen LogP contribution in [0.25, 0.3) is 0 Å². The smallest absolute Gasteiger partial charge is 0.0447 e. The maximum Gasteiger partial charge on any atom is 0.0447 e. The van der Waals surface area contributed by atoms with Gasteiger partial charge in [-0.3, -0.25) is 4.98 Å². The van der Waals surface area contributed by atoms with Gasteiger partial charge in [0.05, 0.1) is 0 Å². The minimum Gasteiger partial charge on any atom is -0.261 e. The van der Waals surface area contributed by atoms with Crippen molar-refractivity contribution >= 4 is 11.6 Å². The van der Waals surface area contributed by atoms with Crippen LogP contribution in [0, 0.1) is 6.92 Å². The Hall–Kier alpha value is -2.12. The van der Waals surface area contributed by atoms with E-state index in [9.17, 15) is 0 Å². The molecule has 0 aliphatic rings. The van der Waals surface area contributed by atoms with Gasteiger partial charge >= 0.3 is 0 Å². The van der Waals surface area contributed by atoms with Crippen molar-refractivity contribution in [2.24, 2.45) is 0 Å². The molecule has 0 saturated carbocycles. The molecule has 1 heterocycles. The summed E-state index contributed by atoms with van der Waals surface area (Å²) in [7, 11) is 0. The van der Waals surface area contributed by atoms with Crippen molar-refractivity contribution in [2.45, 2.75) is 13.3 Å². The second-order valence-corrected chi connectivity index (χ2v) is 5.22. The third kappa shape index (κ3) is 5.80. The van der Waals surface area contributed by atoms with Crippen molar-refractivity contribution in [2.75, 3.05) is 0 Å². The van der Waals surface area contributed by atoms with E-state index in [-0.39, 0.29) is 0 Å². The van der Waals surface area contributed by atoms with Crippen molar-refractivity contribution in [3.05, 3.63) is 101 Å². The van der Waals surface area contributed by atoms with E-state index in [1.165, 1.54) is 11.1 Å². The first-order valence-electron chi connectivity index (χ1n) is 6.90. The van der Waals surface area contributed by atoms with Crippen molar-refractivity contribution < 1.29 is 0 Å². The fraction of sp³-hybridized carbons (Fsp3) is 0.105. The number of hydrogen-bond acceptors (Lipinski definition) is 1. The highest BCUT2D eigenvalue weighted by Crippen LogP contribution is 2.12. The monoisotopic (exact) mass is 295 g/mol. The quantitative estimate of drug-likeness (QED) is 0.623. The van der Waals surface area contributed by atoms with Crippen LogP contribution in [0.1, 0.15) is 16.8 Å². The van der Waals surface area contributed by atoms with E-state index in [1.807, 2.05) is 66.9 Å². The summed E-state index contributed by atoms with van der Waals surface area (Å²) in [5.41, 5.74) is 3.63. The SMILES string of the molecule is Cc1ccccc1.Clc1ccc(Cc2ccccn2)cc1. The maximum atomic E-state index is 5.80. The first-order chi connectivity index (χ1) is 10.2. The predicted octanol–water partition coefficient (Wildman–Crippen LogP) is 5.32. The number of benzene rings is 2. The van der Waals surface area contributed by atoms with Gasteiger partial charge in [0.2, 0.25) is 0 Å². The molecule has 0 spiro atoms. The first kappa shape index (κ1) is 15.3. The molecule has 0 aliphatic heterocycles. The molecule has 0 atom stereocenters. The number of rotatable bonds is 2. The van der Waals surface area contributed by atoms with Gasteiger partial charge in [0.15, 0.2) is 0 Å². The van der Waals surface area contributed by atoms with Crippen molar-refractivity contribution in [3.8, 4) is 0 Å². The molecule has 0 radical (unpaired) electrons. The van der Waals surface area contributed by atoms with Gasteiger partial charge in [0, 0.05) is 23.3 Å². The second-order valence-electron chi connectivity index (χ2n) is 4.78. The van der Waals surface area contributed by atoms with E-state index >= 15 is 0 Å².